The third-order valence-corrected chi connectivity index (χ3v) is 5.46. The average molecular weight is 250 g/mol. The van der Waals surface area contributed by atoms with Crippen LogP contribution in [0.3, 0.4) is 0 Å². The van der Waals surface area contributed by atoms with Gasteiger partial charge in [-0.25, -0.2) is 0 Å². The zero-order chi connectivity index (χ0) is 11.8. The minimum atomic E-state index is 0.352. The lowest BCUT2D eigenvalue weighted by molar-refractivity contribution is 0.211. The molecule has 94 valence electrons. The van der Waals surface area contributed by atoms with E-state index in [0.717, 1.165) is 0 Å². The van der Waals surface area contributed by atoms with Crippen molar-refractivity contribution in [2.75, 3.05) is 13.1 Å². The van der Waals surface area contributed by atoms with Gasteiger partial charge >= 0.3 is 0 Å². The number of hydrogen-bond acceptors (Lipinski definition) is 3. The molecule has 0 saturated carbocycles. The van der Waals surface area contributed by atoms with Gasteiger partial charge in [0.15, 0.2) is 0 Å². The van der Waals surface area contributed by atoms with Gasteiger partial charge in [-0.3, -0.25) is 4.90 Å². The van der Waals surface area contributed by atoms with E-state index in [4.69, 9.17) is 5.73 Å². The van der Waals surface area contributed by atoms with Crippen LogP contribution < -0.4 is 5.73 Å². The van der Waals surface area contributed by atoms with Gasteiger partial charge in [-0.05, 0) is 62.1 Å². The lowest BCUT2D eigenvalue weighted by atomic mass is 9.93. The van der Waals surface area contributed by atoms with Crippen LogP contribution in [-0.4, -0.2) is 24.0 Å². The highest BCUT2D eigenvalue weighted by Gasteiger charge is 2.33. The van der Waals surface area contributed by atoms with E-state index in [1.807, 2.05) is 11.3 Å². The van der Waals surface area contributed by atoms with E-state index >= 15 is 0 Å². The van der Waals surface area contributed by atoms with Crippen LogP contribution >= 0.6 is 11.3 Å². The number of thiophene rings is 1. The molecule has 0 amide bonds. The van der Waals surface area contributed by atoms with Gasteiger partial charge in [-0.15, -0.1) is 11.3 Å². The monoisotopic (exact) mass is 250 g/mol. The van der Waals surface area contributed by atoms with Crippen molar-refractivity contribution in [3.63, 3.8) is 0 Å². The molecule has 3 heteroatoms. The molecule has 0 radical (unpaired) electrons. The summed E-state index contributed by atoms with van der Waals surface area (Å²) >= 11 is 1.94. The first-order valence-electron chi connectivity index (χ1n) is 6.81. The molecule has 1 fully saturated rings. The molecule has 1 aliphatic carbocycles. The Bertz CT molecular complexity index is 385. The number of nitrogens with zero attached hydrogens (tertiary/aromatic N) is 1. The van der Waals surface area contributed by atoms with Crippen molar-refractivity contribution in [1.82, 2.24) is 4.90 Å². The molecule has 0 aromatic carbocycles. The lowest BCUT2D eigenvalue weighted by Gasteiger charge is -2.31. The van der Waals surface area contributed by atoms with Gasteiger partial charge in [0.1, 0.15) is 0 Å². The largest absolute Gasteiger partial charge is 0.328 e. The SMILES string of the molecule is CC(N)C1CCN(C2CCCc3sccc32)C1. The van der Waals surface area contributed by atoms with Crippen molar-refractivity contribution in [3.8, 4) is 0 Å². The van der Waals surface area contributed by atoms with Crippen LogP contribution in [0.25, 0.3) is 0 Å². The summed E-state index contributed by atoms with van der Waals surface area (Å²) in [5.41, 5.74) is 7.66. The smallest absolute Gasteiger partial charge is 0.0359 e. The average Bonchev–Trinajstić information content (AvgIpc) is 2.97. The molecule has 2 N–H and O–H groups in total. The number of nitrogens with two attached hydrogens (primary N) is 1. The molecule has 1 aromatic rings. The van der Waals surface area contributed by atoms with Gasteiger partial charge in [0.2, 0.25) is 0 Å². The first-order chi connectivity index (χ1) is 8.25. The van der Waals surface area contributed by atoms with Crippen molar-refractivity contribution in [1.29, 1.82) is 0 Å². The Morgan fingerprint density at radius 2 is 2.35 bits per heavy atom. The summed E-state index contributed by atoms with van der Waals surface area (Å²) in [6.45, 7) is 4.61. The zero-order valence-electron chi connectivity index (χ0n) is 10.6. The zero-order valence-corrected chi connectivity index (χ0v) is 11.4. The minimum Gasteiger partial charge on any atom is -0.328 e. The molecule has 0 spiro atoms. The van der Waals surface area contributed by atoms with E-state index in [1.54, 1.807) is 10.4 Å². The van der Waals surface area contributed by atoms with E-state index in [-0.39, 0.29) is 0 Å². The van der Waals surface area contributed by atoms with Crippen molar-refractivity contribution in [2.45, 2.75) is 44.7 Å². The second-order valence-corrected chi connectivity index (χ2v) is 6.61. The summed E-state index contributed by atoms with van der Waals surface area (Å²) in [6.07, 6.45) is 5.29. The first kappa shape index (κ1) is 11.7. The van der Waals surface area contributed by atoms with Crippen molar-refractivity contribution >= 4 is 11.3 Å². The second kappa shape index (κ2) is 4.71. The molecular formula is C14H22N2S. The molecule has 1 saturated heterocycles. The summed E-state index contributed by atoms with van der Waals surface area (Å²) in [5.74, 6) is 0.707. The molecule has 3 unspecified atom stereocenters. The number of likely N-dealkylation sites (tertiary alicyclic amines) is 1. The van der Waals surface area contributed by atoms with Gasteiger partial charge < -0.3 is 5.73 Å². The molecule has 2 nitrogen and oxygen atoms in total. The fourth-order valence-corrected chi connectivity index (χ4v) is 4.35. The van der Waals surface area contributed by atoms with Crippen LogP contribution in [0.4, 0.5) is 0 Å². The van der Waals surface area contributed by atoms with Crippen LogP contribution in [0.2, 0.25) is 0 Å². The molecular weight excluding hydrogens is 228 g/mol. The fraction of sp³-hybridized carbons (Fsp3) is 0.714. The van der Waals surface area contributed by atoms with Crippen molar-refractivity contribution in [3.05, 3.63) is 21.9 Å². The van der Waals surface area contributed by atoms with Gasteiger partial charge in [0.25, 0.3) is 0 Å². The maximum absolute atomic E-state index is 6.04. The summed E-state index contributed by atoms with van der Waals surface area (Å²) in [6, 6.07) is 3.39. The van der Waals surface area contributed by atoms with Crippen LogP contribution in [0.5, 0.6) is 0 Å². The third kappa shape index (κ3) is 2.16. The first-order valence-corrected chi connectivity index (χ1v) is 7.69. The Morgan fingerprint density at radius 1 is 1.47 bits per heavy atom. The van der Waals surface area contributed by atoms with Crippen LogP contribution in [0, 0.1) is 5.92 Å². The molecule has 3 atom stereocenters. The van der Waals surface area contributed by atoms with Gasteiger partial charge in [-0.2, -0.15) is 0 Å². The predicted octanol–water partition coefficient (Wildman–Crippen LogP) is 2.79. The Morgan fingerprint density at radius 3 is 3.12 bits per heavy atom. The van der Waals surface area contributed by atoms with Gasteiger partial charge in [0, 0.05) is 23.5 Å². The third-order valence-electron chi connectivity index (χ3n) is 4.46. The number of rotatable bonds is 2. The molecule has 3 rings (SSSR count). The highest BCUT2D eigenvalue weighted by atomic mass is 32.1. The van der Waals surface area contributed by atoms with Crippen LogP contribution in [-0.2, 0) is 6.42 Å². The van der Waals surface area contributed by atoms with E-state index in [2.05, 4.69) is 23.3 Å². The number of hydrogen-bond donors (Lipinski definition) is 1. The Kier molecular flexibility index (Phi) is 3.24. The maximum Gasteiger partial charge on any atom is 0.0359 e. The highest BCUT2D eigenvalue weighted by Crippen LogP contribution is 2.39. The summed E-state index contributed by atoms with van der Waals surface area (Å²) in [7, 11) is 0. The fourth-order valence-electron chi connectivity index (χ4n) is 3.37. The standard InChI is InChI=1S/C14H22N2S/c1-10(15)11-5-7-16(9-11)13-3-2-4-14-12(13)6-8-17-14/h6,8,10-11,13H,2-5,7,9,15H2,1H3. The second-order valence-electron chi connectivity index (χ2n) is 5.61. The quantitative estimate of drug-likeness (QED) is 0.874. The Hall–Kier alpha value is -0.380. The maximum atomic E-state index is 6.04. The minimum absolute atomic E-state index is 0.352. The summed E-state index contributed by atoms with van der Waals surface area (Å²) in [5, 5.41) is 2.27. The summed E-state index contributed by atoms with van der Waals surface area (Å²) in [4.78, 5) is 4.31. The predicted molar refractivity (Wildman–Crippen MR) is 73.3 cm³/mol. The molecule has 0 bridgehead atoms. The molecule has 2 aliphatic rings. The van der Waals surface area contributed by atoms with Gasteiger partial charge in [0.05, 0.1) is 0 Å². The number of aryl methyl sites for hydroxylation is 1. The van der Waals surface area contributed by atoms with E-state index in [1.165, 1.54) is 38.8 Å². The molecule has 2 heterocycles. The molecule has 17 heavy (non-hydrogen) atoms. The lowest BCUT2D eigenvalue weighted by Crippen LogP contribution is -2.32. The summed E-state index contributed by atoms with van der Waals surface area (Å²) < 4.78 is 0. The normalized spacial score (nSPS) is 31.4. The van der Waals surface area contributed by atoms with E-state index in [9.17, 15) is 0 Å². The van der Waals surface area contributed by atoms with Crippen LogP contribution in [0.1, 0.15) is 42.7 Å². The molecule has 1 aliphatic heterocycles. The van der Waals surface area contributed by atoms with Gasteiger partial charge in [-0.1, -0.05) is 0 Å². The van der Waals surface area contributed by atoms with E-state index in [0.29, 0.717) is 18.0 Å². The van der Waals surface area contributed by atoms with Crippen LogP contribution in [0.15, 0.2) is 11.4 Å². The Labute approximate surface area is 108 Å². The molecule has 1 aromatic heterocycles. The topological polar surface area (TPSA) is 29.3 Å². The van der Waals surface area contributed by atoms with Crippen molar-refractivity contribution in [2.24, 2.45) is 11.7 Å². The number of fused-ring (bicyclic) bond motifs is 1. The Balaban J connectivity index is 1.75. The van der Waals surface area contributed by atoms with Crippen molar-refractivity contribution < 1.29 is 0 Å². The highest BCUT2D eigenvalue weighted by molar-refractivity contribution is 7.10. The van der Waals surface area contributed by atoms with E-state index < -0.39 is 0 Å².